The van der Waals surface area contributed by atoms with E-state index >= 15 is 0 Å². The van der Waals surface area contributed by atoms with Gasteiger partial charge in [-0.05, 0) is 69.4 Å². The van der Waals surface area contributed by atoms with E-state index in [0.717, 1.165) is 43.5 Å². The van der Waals surface area contributed by atoms with E-state index in [1.807, 2.05) is 24.3 Å². The molecular weight excluding hydrogens is 531 g/mol. The van der Waals surface area contributed by atoms with Crippen LogP contribution in [0.2, 0.25) is 0 Å². The van der Waals surface area contributed by atoms with Gasteiger partial charge in [-0.25, -0.2) is 4.99 Å². The lowest BCUT2D eigenvalue weighted by atomic mass is 9.99. The van der Waals surface area contributed by atoms with Gasteiger partial charge in [0.25, 0.3) is 5.91 Å². The molecule has 8 nitrogen and oxygen atoms in total. The van der Waals surface area contributed by atoms with Crippen LogP contribution >= 0.6 is 24.0 Å². The summed E-state index contributed by atoms with van der Waals surface area (Å²) < 4.78 is 0. The summed E-state index contributed by atoms with van der Waals surface area (Å²) in [7, 11) is 0. The summed E-state index contributed by atoms with van der Waals surface area (Å²) in [5, 5.41) is 9.47. The molecule has 0 bridgehead atoms. The number of hydrogen-bond donors (Lipinski definition) is 3. The molecule has 1 aromatic rings. The van der Waals surface area contributed by atoms with E-state index in [2.05, 4.69) is 39.7 Å². The van der Waals surface area contributed by atoms with Crippen molar-refractivity contribution >= 4 is 41.8 Å². The maximum atomic E-state index is 12.6. The lowest BCUT2D eigenvalue weighted by Gasteiger charge is -2.30. The number of carbonyl (C=O) groups is 2. The Bertz CT molecular complexity index is 778. The van der Waals surface area contributed by atoms with Crippen LogP contribution in [0.3, 0.4) is 0 Å². The minimum Gasteiger partial charge on any atom is -0.357 e. The van der Waals surface area contributed by atoms with E-state index in [0.29, 0.717) is 25.2 Å². The van der Waals surface area contributed by atoms with Crippen LogP contribution in [0, 0.1) is 5.92 Å². The Morgan fingerprint density at radius 1 is 1.15 bits per heavy atom. The number of likely N-dealkylation sites (tertiary alicyclic amines) is 1. The number of piperazine rings is 1. The zero-order chi connectivity index (χ0) is 22.8. The van der Waals surface area contributed by atoms with Crippen molar-refractivity contribution in [1.82, 2.24) is 25.8 Å². The number of piperidine rings is 1. The van der Waals surface area contributed by atoms with Gasteiger partial charge in [0, 0.05) is 31.7 Å². The van der Waals surface area contributed by atoms with E-state index in [9.17, 15) is 9.59 Å². The Kier molecular flexibility index (Phi) is 11.9. The highest BCUT2D eigenvalue weighted by atomic mass is 127. The molecule has 3 rings (SSSR count). The van der Waals surface area contributed by atoms with Gasteiger partial charge in [-0.1, -0.05) is 19.1 Å². The number of nitrogens with one attached hydrogen (secondary N) is 3. The molecule has 0 unspecified atom stereocenters. The lowest BCUT2D eigenvalue weighted by Crippen LogP contribution is -2.49. The van der Waals surface area contributed by atoms with Crippen molar-refractivity contribution in [3.63, 3.8) is 0 Å². The largest absolute Gasteiger partial charge is 0.357 e. The van der Waals surface area contributed by atoms with E-state index < -0.39 is 0 Å². The second-order valence-electron chi connectivity index (χ2n) is 8.77. The SMILES string of the molecule is CCNC(=NCc1ccc(C(=O)N2CCNC(=O)C2)cc1)NCCCN1CCC(C)CC1.I. The van der Waals surface area contributed by atoms with E-state index in [1.54, 1.807) is 4.90 Å². The number of carbonyl (C=O) groups excluding carboxylic acids is 2. The molecule has 0 radical (unpaired) electrons. The first-order chi connectivity index (χ1) is 15.5. The molecule has 33 heavy (non-hydrogen) atoms. The smallest absolute Gasteiger partial charge is 0.254 e. The van der Waals surface area contributed by atoms with Crippen molar-refractivity contribution < 1.29 is 9.59 Å². The molecule has 2 saturated heterocycles. The zero-order valence-corrected chi connectivity index (χ0v) is 22.3. The number of amides is 2. The van der Waals surface area contributed by atoms with Crippen molar-refractivity contribution in [2.24, 2.45) is 10.9 Å². The third-order valence-corrected chi connectivity index (χ3v) is 6.11. The summed E-state index contributed by atoms with van der Waals surface area (Å²) in [6.07, 6.45) is 3.73. The van der Waals surface area contributed by atoms with Gasteiger partial charge in [0.15, 0.2) is 5.96 Å². The predicted octanol–water partition coefficient (Wildman–Crippen LogP) is 2.05. The van der Waals surface area contributed by atoms with Gasteiger partial charge in [-0.3, -0.25) is 9.59 Å². The van der Waals surface area contributed by atoms with Gasteiger partial charge in [0.1, 0.15) is 0 Å². The Balaban J connectivity index is 0.00000385. The first kappa shape index (κ1) is 27.4. The van der Waals surface area contributed by atoms with Crippen LogP contribution in [-0.2, 0) is 11.3 Å². The number of guanidine groups is 1. The Labute approximate surface area is 215 Å². The summed E-state index contributed by atoms with van der Waals surface area (Å²) in [5.74, 6) is 1.48. The van der Waals surface area contributed by atoms with Crippen LogP contribution in [0.5, 0.6) is 0 Å². The lowest BCUT2D eigenvalue weighted by molar-refractivity contribution is -0.123. The molecule has 2 aliphatic rings. The standard InChI is InChI=1S/C24H38N6O2.HI/c1-3-25-24(27-11-4-13-29-14-9-19(2)10-15-29)28-17-20-5-7-21(8-6-20)23(32)30-16-12-26-22(31)18-30;/h5-8,19H,3-4,9-18H2,1-2H3,(H,26,31)(H2,25,27,28);1H. The minimum absolute atomic E-state index is 0. The van der Waals surface area contributed by atoms with Gasteiger partial charge < -0.3 is 25.8 Å². The van der Waals surface area contributed by atoms with Crippen LogP contribution < -0.4 is 16.0 Å². The Morgan fingerprint density at radius 3 is 2.55 bits per heavy atom. The van der Waals surface area contributed by atoms with Gasteiger partial charge in [0.05, 0.1) is 13.1 Å². The molecular formula is C24H39IN6O2. The number of nitrogens with zero attached hydrogens (tertiary/aromatic N) is 3. The minimum atomic E-state index is -0.107. The molecule has 2 amide bonds. The summed E-state index contributed by atoms with van der Waals surface area (Å²) in [6.45, 7) is 11.4. The fourth-order valence-corrected chi connectivity index (χ4v) is 4.05. The normalized spacial score (nSPS) is 17.8. The number of halogens is 1. The number of rotatable bonds is 8. The molecule has 0 aromatic heterocycles. The van der Waals surface area contributed by atoms with E-state index in [4.69, 9.17) is 0 Å². The first-order valence-corrected chi connectivity index (χ1v) is 11.9. The fraction of sp³-hybridized carbons (Fsp3) is 0.625. The summed E-state index contributed by atoms with van der Waals surface area (Å²) >= 11 is 0. The van der Waals surface area contributed by atoms with Gasteiger partial charge in [-0.15, -0.1) is 24.0 Å². The molecule has 3 N–H and O–H groups in total. The molecule has 1 aromatic carbocycles. The van der Waals surface area contributed by atoms with Crippen molar-refractivity contribution in [1.29, 1.82) is 0 Å². The van der Waals surface area contributed by atoms with Crippen molar-refractivity contribution in [2.45, 2.75) is 39.7 Å². The molecule has 2 fully saturated rings. The summed E-state index contributed by atoms with van der Waals surface area (Å²) in [6, 6.07) is 7.50. The van der Waals surface area contributed by atoms with E-state index in [-0.39, 0.29) is 42.3 Å². The Hall–Kier alpha value is -1.88. The summed E-state index contributed by atoms with van der Waals surface area (Å²) in [5.41, 5.74) is 1.64. The second-order valence-corrected chi connectivity index (χ2v) is 8.77. The molecule has 9 heteroatoms. The maximum absolute atomic E-state index is 12.6. The predicted molar refractivity (Wildman–Crippen MR) is 143 cm³/mol. The van der Waals surface area contributed by atoms with Gasteiger partial charge in [0.2, 0.25) is 5.91 Å². The van der Waals surface area contributed by atoms with Crippen LogP contribution in [0.25, 0.3) is 0 Å². The van der Waals surface area contributed by atoms with Gasteiger partial charge >= 0.3 is 0 Å². The molecule has 0 saturated carbocycles. The quantitative estimate of drug-likeness (QED) is 0.193. The molecule has 2 heterocycles. The van der Waals surface area contributed by atoms with Crippen molar-refractivity contribution in [2.75, 3.05) is 52.4 Å². The fourth-order valence-electron chi connectivity index (χ4n) is 4.05. The van der Waals surface area contributed by atoms with Crippen molar-refractivity contribution in [3.8, 4) is 0 Å². The van der Waals surface area contributed by atoms with Gasteiger partial charge in [-0.2, -0.15) is 0 Å². The second kappa shape index (κ2) is 14.4. The third-order valence-electron chi connectivity index (χ3n) is 6.11. The highest BCUT2D eigenvalue weighted by Crippen LogP contribution is 2.15. The summed E-state index contributed by atoms with van der Waals surface area (Å²) in [4.78, 5) is 32.9. The molecule has 2 aliphatic heterocycles. The van der Waals surface area contributed by atoms with Crippen molar-refractivity contribution in [3.05, 3.63) is 35.4 Å². The van der Waals surface area contributed by atoms with Crippen LogP contribution in [0.15, 0.2) is 29.3 Å². The third kappa shape index (κ3) is 9.11. The van der Waals surface area contributed by atoms with Crippen LogP contribution in [-0.4, -0.2) is 79.9 Å². The van der Waals surface area contributed by atoms with E-state index in [1.165, 1.54) is 25.9 Å². The molecule has 0 atom stereocenters. The highest BCUT2D eigenvalue weighted by molar-refractivity contribution is 14.0. The maximum Gasteiger partial charge on any atom is 0.254 e. The number of aliphatic imine (C=N–C) groups is 1. The molecule has 184 valence electrons. The number of benzene rings is 1. The highest BCUT2D eigenvalue weighted by Gasteiger charge is 2.22. The zero-order valence-electron chi connectivity index (χ0n) is 19.9. The van der Waals surface area contributed by atoms with Crippen LogP contribution in [0.1, 0.15) is 49.0 Å². The topological polar surface area (TPSA) is 89.1 Å². The average Bonchev–Trinajstić information content (AvgIpc) is 2.81. The first-order valence-electron chi connectivity index (χ1n) is 11.9. The Morgan fingerprint density at radius 2 is 1.88 bits per heavy atom. The number of hydrogen-bond acceptors (Lipinski definition) is 4. The van der Waals surface area contributed by atoms with Crippen LogP contribution in [0.4, 0.5) is 0 Å². The molecule has 0 spiro atoms. The average molecular weight is 571 g/mol. The monoisotopic (exact) mass is 570 g/mol. The molecule has 0 aliphatic carbocycles.